The van der Waals surface area contributed by atoms with Gasteiger partial charge in [-0.15, -0.1) is 0 Å². The molecule has 0 saturated carbocycles. The molecular formula is C14H30NO9PSi. The van der Waals surface area contributed by atoms with Gasteiger partial charge in [0.2, 0.25) is 0 Å². The standard InChI is InChI=1S/C14H30NO9PSi/c1-17-10-11-21-12-13-24-25(16,22-8-5-7-15)23-9-6-14-26(18-2,19-3)20-4/h5-6,8-14H2,1-4H3. The van der Waals surface area contributed by atoms with E-state index < -0.39 is 16.6 Å². The second-order valence-electron chi connectivity index (χ2n) is 4.86. The summed E-state index contributed by atoms with van der Waals surface area (Å²) in [6.45, 7) is 1.14. The van der Waals surface area contributed by atoms with Crippen molar-refractivity contribution >= 4 is 16.6 Å². The van der Waals surface area contributed by atoms with Gasteiger partial charge in [-0.05, 0) is 6.42 Å². The van der Waals surface area contributed by atoms with Crippen molar-refractivity contribution in [1.82, 2.24) is 0 Å². The molecule has 0 aliphatic heterocycles. The molecule has 0 rings (SSSR count). The lowest BCUT2D eigenvalue weighted by atomic mass is 10.5. The van der Waals surface area contributed by atoms with Gasteiger partial charge >= 0.3 is 16.6 Å². The molecule has 1 unspecified atom stereocenters. The van der Waals surface area contributed by atoms with E-state index >= 15 is 0 Å². The Morgan fingerprint density at radius 2 is 1.42 bits per heavy atom. The van der Waals surface area contributed by atoms with Crippen LogP contribution in [0.4, 0.5) is 0 Å². The van der Waals surface area contributed by atoms with Crippen LogP contribution in [0.3, 0.4) is 0 Å². The maximum atomic E-state index is 12.6. The predicted molar refractivity (Wildman–Crippen MR) is 94.6 cm³/mol. The van der Waals surface area contributed by atoms with E-state index in [0.29, 0.717) is 25.7 Å². The van der Waals surface area contributed by atoms with E-state index in [4.69, 9.17) is 41.6 Å². The first-order valence-electron chi connectivity index (χ1n) is 8.14. The summed E-state index contributed by atoms with van der Waals surface area (Å²) in [5, 5.41) is 8.57. The molecule has 0 amide bonds. The molecule has 0 spiro atoms. The zero-order valence-corrected chi connectivity index (χ0v) is 17.8. The third-order valence-corrected chi connectivity index (χ3v) is 7.51. The average molecular weight is 415 g/mol. The number of methoxy groups -OCH3 is 1. The Balaban J connectivity index is 4.35. The summed E-state index contributed by atoms with van der Waals surface area (Å²) in [6, 6.07) is 2.38. The van der Waals surface area contributed by atoms with Crippen molar-refractivity contribution in [3.05, 3.63) is 0 Å². The molecule has 0 saturated heterocycles. The molecule has 0 aromatic rings. The first kappa shape index (κ1) is 25.6. The smallest absolute Gasteiger partial charge is 0.382 e. The molecule has 0 aliphatic carbocycles. The predicted octanol–water partition coefficient (Wildman–Crippen LogP) is 1.99. The van der Waals surface area contributed by atoms with Gasteiger partial charge < -0.3 is 22.8 Å². The monoisotopic (exact) mass is 415 g/mol. The molecule has 0 radical (unpaired) electrons. The van der Waals surface area contributed by atoms with Gasteiger partial charge in [0.1, 0.15) is 0 Å². The van der Waals surface area contributed by atoms with Crippen LogP contribution in [0.25, 0.3) is 0 Å². The van der Waals surface area contributed by atoms with Crippen molar-refractivity contribution in [1.29, 1.82) is 5.26 Å². The van der Waals surface area contributed by atoms with Crippen LogP contribution in [0.15, 0.2) is 0 Å². The molecule has 26 heavy (non-hydrogen) atoms. The summed E-state index contributed by atoms with van der Waals surface area (Å²) < 4.78 is 54.2. The number of phosphoric acid groups is 1. The molecule has 10 nitrogen and oxygen atoms in total. The summed E-state index contributed by atoms with van der Waals surface area (Å²) in [4.78, 5) is 0. The minimum Gasteiger partial charge on any atom is -0.382 e. The number of nitrogens with zero attached hydrogens (tertiary/aromatic N) is 1. The molecule has 1 atom stereocenters. The number of hydrogen-bond acceptors (Lipinski definition) is 10. The normalized spacial score (nSPS) is 14.1. The van der Waals surface area contributed by atoms with Crippen LogP contribution in [0.2, 0.25) is 6.04 Å². The summed E-state index contributed by atoms with van der Waals surface area (Å²) >= 11 is 0. The molecule has 0 fully saturated rings. The molecule has 0 bridgehead atoms. The quantitative estimate of drug-likeness (QED) is 0.187. The average Bonchev–Trinajstić information content (AvgIpc) is 2.66. The minimum absolute atomic E-state index is 0.0282. The molecule has 154 valence electrons. The second-order valence-corrected chi connectivity index (χ2v) is 9.62. The minimum atomic E-state index is -3.78. The molecule has 0 aromatic heterocycles. The van der Waals surface area contributed by atoms with Crippen LogP contribution in [0, 0.1) is 11.3 Å². The summed E-state index contributed by atoms with van der Waals surface area (Å²) in [5.41, 5.74) is 0. The Morgan fingerprint density at radius 3 is 2.00 bits per heavy atom. The maximum absolute atomic E-state index is 12.6. The van der Waals surface area contributed by atoms with Crippen LogP contribution >= 0.6 is 7.82 Å². The second kappa shape index (κ2) is 15.7. The summed E-state index contributed by atoms with van der Waals surface area (Å²) in [5.74, 6) is 0. The lowest BCUT2D eigenvalue weighted by molar-refractivity contribution is 0.0395. The maximum Gasteiger partial charge on any atom is 0.500 e. The van der Waals surface area contributed by atoms with E-state index in [1.165, 1.54) is 21.3 Å². The third kappa shape index (κ3) is 11.4. The van der Waals surface area contributed by atoms with E-state index in [1.54, 1.807) is 7.11 Å². The van der Waals surface area contributed by atoms with Crippen LogP contribution in [-0.4, -0.2) is 76.9 Å². The number of rotatable bonds is 18. The Bertz CT molecular complexity index is 423. The Kier molecular flexibility index (Phi) is 15.4. The van der Waals surface area contributed by atoms with E-state index in [1.807, 2.05) is 6.07 Å². The highest BCUT2D eigenvalue weighted by Gasteiger charge is 2.37. The van der Waals surface area contributed by atoms with E-state index in [9.17, 15) is 4.57 Å². The summed E-state index contributed by atoms with van der Waals surface area (Å²) in [6.07, 6.45) is 0.551. The first-order valence-corrected chi connectivity index (χ1v) is 11.5. The SMILES string of the molecule is COCCOCCOP(=O)(OCCC#N)OCCC[Si](OC)(OC)OC. The highest BCUT2D eigenvalue weighted by Crippen LogP contribution is 2.49. The lowest BCUT2D eigenvalue weighted by Crippen LogP contribution is -2.42. The van der Waals surface area contributed by atoms with Gasteiger partial charge in [-0.1, -0.05) is 0 Å². The topological polar surface area (TPSA) is 115 Å². The fourth-order valence-electron chi connectivity index (χ4n) is 1.79. The fraction of sp³-hybridized carbons (Fsp3) is 0.929. The highest BCUT2D eigenvalue weighted by atomic mass is 31.2. The van der Waals surface area contributed by atoms with Crippen molar-refractivity contribution in [2.75, 3.05) is 68.1 Å². The molecule has 0 heterocycles. The Labute approximate surface area is 156 Å². The van der Waals surface area contributed by atoms with Crippen LogP contribution in [-0.2, 0) is 40.9 Å². The third-order valence-electron chi connectivity index (χ3n) is 3.18. The van der Waals surface area contributed by atoms with E-state index in [2.05, 4.69) is 0 Å². The molecular weight excluding hydrogens is 385 g/mol. The van der Waals surface area contributed by atoms with Crippen LogP contribution in [0.5, 0.6) is 0 Å². The number of phosphoric ester groups is 1. The van der Waals surface area contributed by atoms with Crippen molar-refractivity contribution in [2.45, 2.75) is 18.9 Å². The van der Waals surface area contributed by atoms with Crippen molar-refractivity contribution in [2.24, 2.45) is 0 Å². The van der Waals surface area contributed by atoms with Gasteiger partial charge in [-0.25, -0.2) is 4.57 Å². The van der Waals surface area contributed by atoms with Crippen LogP contribution < -0.4 is 0 Å². The van der Waals surface area contributed by atoms with Gasteiger partial charge in [0.25, 0.3) is 0 Å². The zero-order chi connectivity index (χ0) is 19.7. The van der Waals surface area contributed by atoms with Gasteiger partial charge in [-0.3, -0.25) is 13.6 Å². The molecule has 12 heteroatoms. The van der Waals surface area contributed by atoms with E-state index in [0.717, 1.165) is 0 Å². The lowest BCUT2D eigenvalue weighted by Gasteiger charge is -2.24. The zero-order valence-electron chi connectivity index (χ0n) is 15.9. The fourth-order valence-corrected chi connectivity index (χ4v) is 4.67. The van der Waals surface area contributed by atoms with Gasteiger partial charge in [-0.2, -0.15) is 5.26 Å². The van der Waals surface area contributed by atoms with Crippen molar-refractivity contribution < 1.29 is 40.9 Å². The Morgan fingerprint density at radius 1 is 0.846 bits per heavy atom. The molecule has 0 aromatic carbocycles. The van der Waals surface area contributed by atoms with Crippen molar-refractivity contribution in [3.63, 3.8) is 0 Å². The van der Waals surface area contributed by atoms with Crippen LogP contribution in [0.1, 0.15) is 12.8 Å². The summed E-state index contributed by atoms with van der Waals surface area (Å²) in [7, 11) is -0.378. The van der Waals surface area contributed by atoms with Gasteiger partial charge in [0.15, 0.2) is 0 Å². The number of nitriles is 1. The van der Waals surface area contributed by atoms with Crippen molar-refractivity contribution in [3.8, 4) is 6.07 Å². The van der Waals surface area contributed by atoms with Gasteiger partial charge in [0.05, 0.1) is 52.1 Å². The van der Waals surface area contributed by atoms with Gasteiger partial charge in [0, 0.05) is 34.5 Å². The van der Waals surface area contributed by atoms with E-state index in [-0.39, 0.29) is 32.8 Å². The molecule has 0 N–H and O–H groups in total. The molecule has 0 aliphatic rings. The number of hydrogen-bond donors (Lipinski definition) is 0. The highest BCUT2D eigenvalue weighted by molar-refractivity contribution is 7.48. The Hall–Kier alpha value is -0.383. The number of ether oxygens (including phenoxy) is 2. The first-order chi connectivity index (χ1) is 12.5. The largest absolute Gasteiger partial charge is 0.500 e.